The van der Waals surface area contributed by atoms with E-state index in [2.05, 4.69) is 11.5 Å². The van der Waals surface area contributed by atoms with Gasteiger partial charge in [-0.1, -0.05) is 84.0 Å². The lowest BCUT2D eigenvalue weighted by atomic mass is 10.0. The van der Waals surface area contributed by atoms with Gasteiger partial charge < -0.3 is 17.5 Å². The van der Waals surface area contributed by atoms with Crippen molar-refractivity contribution in [2.24, 2.45) is 0 Å². The summed E-state index contributed by atoms with van der Waals surface area (Å²) in [6.07, 6.45) is 23.0. The van der Waals surface area contributed by atoms with Crippen LogP contribution in [0.5, 0.6) is 0 Å². The van der Waals surface area contributed by atoms with Gasteiger partial charge in [-0.2, -0.15) is 0 Å². The highest BCUT2D eigenvalue weighted by Gasteiger charge is 2.05. The largest absolute Gasteiger partial charge is 1.00 e. The fraction of sp³-hybridized carbons (Fsp3) is 0.727. The smallest absolute Gasteiger partial charge is 0.336 e. The molecule has 150 valence electrons. The van der Waals surface area contributed by atoms with Gasteiger partial charge >= 0.3 is 5.97 Å². The van der Waals surface area contributed by atoms with Gasteiger partial charge in [0.25, 0.3) is 0 Å². The van der Waals surface area contributed by atoms with Gasteiger partial charge in [-0.05, 0) is 6.42 Å². The van der Waals surface area contributed by atoms with Crippen molar-refractivity contribution >= 4 is 5.97 Å². The van der Waals surface area contributed by atoms with Crippen LogP contribution < -0.4 is 17.0 Å². The molecule has 0 unspecified atom stereocenters. The summed E-state index contributed by atoms with van der Waals surface area (Å²) >= 11 is 0. The molecule has 0 aliphatic heterocycles. The lowest BCUT2D eigenvalue weighted by molar-refractivity contribution is -0.697. The van der Waals surface area contributed by atoms with E-state index in [1.54, 1.807) is 12.1 Å². The SMILES string of the molecule is CCCCCCCCCCCCCCCC[n+]1ccc(C(=O)O)cc1.[Cl-]. The second-order valence-corrected chi connectivity index (χ2v) is 7.23. The van der Waals surface area contributed by atoms with Crippen LogP contribution in [0, 0.1) is 0 Å². The van der Waals surface area contributed by atoms with Crippen LogP contribution in [0.25, 0.3) is 0 Å². The predicted octanol–water partition coefficient (Wildman–Crippen LogP) is 3.16. The van der Waals surface area contributed by atoms with Crippen molar-refractivity contribution in [2.75, 3.05) is 0 Å². The number of aromatic nitrogens is 1. The fourth-order valence-corrected chi connectivity index (χ4v) is 3.24. The minimum absolute atomic E-state index is 0. The first-order valence-corrected chi connectivity index (χ1v) is 10.5. The summed E-state index contributed by atoms with van der Waals surface area (Å²) in [4.78, 5) is 10.8. The summed E-state index contributed by atoms with van der Waals surface area (Å²) in [6, 6.07) is 3.35. The summed E-state index contributed by atoms with van der Waals surface area (Å²) in [5, 5.41) is 8.87. The maximum Gasteiger partial charge on any atom is 0.336 e. The predicted molar refractivity (Wildman–Crippen MR) is 104 cm³/mol. The van der Waals surface area contributed by atoms with Crippen LogP contribution in [0.1, 0.15) is 107 Å². The van der Waals surface area contributed by atoms with Crippen molar-refractivity contribution in [1.82, 2.24) is 0 Å². The number of aromatic carboxylic acids is 1. The summed E-state index contributed by atoms with van der Waals surface area (Å²) in [6.45, 7) is 3.26. The van der Waals surface area contributed by atoms with Gasteiger partial charge in [-0.15, -0.1) is 0 Å². The van der Waals surface area contributed by atoms with Crippen LogP contribution in [0.2, 0.25) is 0 Å². The Kier molecular flexibility index (Phi) is 16.6. The van der Waals surface area contributed by atoms with Crippen LogP contribution in [-0.4, -0.2) is 11.1 Å². The van der Waals surface area contributed by atoms with Gasteiger partial charge in [-0.25, -0.2) is 9.36 Å². The van der Waals surface area contributed by atoms with E-state index < -0.39 is 5.97 Å². The third-order valence-electron chi connectivity index (χ3n) is 4.91. The van der Waals surface area contributed by atoms with Gasteiger partial charge in [0.1, 0.15) is 6.54 Å². The molecule has 3 nitrogen and oxygen atoms in total. The van der Waals surface area contributed by atoms with Gasteiger partial charge in [-0.3, -0.25) is 0 Å². The van der Waals surface area contributed by atoms with Crippen LogP contribution in [0.4, 0.5) is 0 Å². The van der Waals surface area contributed by atoms with Gasteiger partial charge in [0.05, 0.1) is 5.56 Å². The maximum absolute atomic E-state index is 10.8. The highest BCUT2D eigenvalue weighted by Crippen LogP contribution is 2.12. The molecule has 0 aromatic carbocycles. The number of unbranched alkanes of at least 4 members (excludes halogenated alkanes) is 13. The van der Waals surface area contributed by atoms with Crippen molar-refractivity contribution < 1.29 is 26.9 Å². The van der Waals surface area contributed by atoms with Crippen LogP contribution in [-0.2, 0) is 6.54 Å². The van der Waals surface area contributed by atoms with Gasteiger partial charge in [0, 0.05) is 18.6 Å². The second-order valence-electron chi connectivity index (χ2n) is 7.23. The quantitative estimate of drug-likeness (QED) is 0.352. The molecule has 0 saturated carbocycles. The molecule has 0 spiro atoms. The van der Waals surface area contributed by atoms with E-state index in [0.29, 0.717) is 5.56 Å². The average molecular weight is 384 g/mol. The average Bonchev–Trinajstić information content (AvgIpc) is 2.62. The van der Waals surface area contributed by atoms with E-state index in [1.807, 2.05) is 12.4 Å². The first-order valence-electron chi connectivity index (χ1n) is 10.5. The van der Waals surface area contributed by atoms with E-state index >= 15 is 0 Å². The monoisotopic (exact) mass is 383 g/mol. The van der Waals surface area contributed by atoms with Crippen LogP contribution >= 0.6 is 0 Å². The zero-order valence-electron chi connectivity index (χ0n) is 16.6. The number of nitrogens with zero attached hydrogens (tertiary/aromatic N) is 1. The Morgan fingerprint density at radius 1 is 0.769 bits per heavy atom. The minimum atomic E-state index is -0.858. The van der Waals surface area contributed by atoms with Gasteiger partial charge in [0.2, 0.25) is 0 Å². The van der Waals surface area contributed by atoms with Crippen LogP contribution in [0.15, 0.2) is 24.5 Å². The number of rotatable bonds is 16. The molecule has 1 N–H and O–H groups in total. The van der Waals surface area contributed by atoms with Crippen molar-refractivity contribution in [3.05, 3.63) is 30.1 Å². The molecule has 0 aliphatic rings. The van der Waals surface area contributed by atoms with E-state index in [4.69, 9.17) is 5.11 Å². The standard InChI is InChI=1S/C22H37NO2.ClH/c1-2-3-4-5-6-7-8-9-10-11-12-13-14-15-18-23-19-16-21(17-20-23)22(24)25;/h16-17,19-20H,2-15,18H2,1H3;1H. The topological polar surface area (TPSA) is 41.2 Å². The van der Waals surface area contributed by atoms with Crippen molar-refractivity contribution in [3.8, 4) is 0 Å². The molecule has 0 atom stereocenters. The lowest BCUT2D eigenvalue weighted by Crippen LogP contribution is -3.00. The number of carboxylic acid groups (broad SMARTS) is 1. The molecule has 0 radical (unpaired) electrons. The molecule has 1 rings (SSSR count). The maximum atomic E-state index is 10.8. The molecular formula is C22H38ClNO2. The molecule has 1 aromatic heterocycles. The Morgan fingerprint density at radius 3 is 1.54 bits per heavy atom. The summed E-state index contributed by atoms with van der Waals surface area (Å²) in [5.41, 5.74) is 0.359. The molecule has 0 aliphatic carbocycles. The number of hydrogen-bond donors (Lipinski definition) is 1. The first-order chi connectivity index (χ1) is 12.2. The van der Waals surface area contributed by atoms with Crippen molar-refractivity contribution in [1.29, 1.82) is 0 Å². The van der Waals surface area contributed by atoms with E-state index in [-0.39, 0.29) is 12.4 Å². The first kappa shape index (κ1) is 24.9. The Morgan fingerprint density at radius 2 is 1.15 bits per heavy atom. The van der Waals surface area contributed by atoms with Crippen molar-refractivity contribution in [2.45, 2.75) is 103 Å². The normalized spacial score (nSPS) is 10.5. The number of aryl methyl sites for hydroxylation is 1. The van der Waals surface area contributed by atoms with E-state index in [0.717, 1.165) is 6.54 Å². The summed E-state index contributed by atoms with van der Waals surface area (Å²) in [7, 11) is 0. The minimum Gasteiger partial charge on any atom is -1.00 e. The zero-order valence-corrected chi connectivity index (χ0v) is 17.4. The molecule has 0 fully saturated rings. The number of pyridine rings is 1. The Bertz CT molecular complexity index is 448. The molecule has 0 saturated heterocycles. The fourth-order valence-electron chi connectivity index (χ4n) is 3.24. The molecular weight excluding hydrogens is 346 g/mol. The number of hydrogen-bond acceptors (Lipinski definition) is 1. The molecule has 0 bridgehead atoms. The molecule has 1 aromatic rings. The van der Waals surface area contributed by atoms with Crippen molar-refractivity contribution in [3.63, 3.8) is 0 Å². The third kappa shape index (κ3) is 13.2. The lowest BCUT2D eigenvalue weighted by Gasteiger charge is -2.03. The second kappa shape index (κ2) is 17.3. The highest BCUT2D eigenvalue weighted by atomic mass is 35.5. The zero-order chi connectivity index (χ0) is 18.2. The number of carbonyl (C=O) groups is 1. The Labute approximate surface area is 166 Å². The Balaban J connectivity index is 0.00000625. The van der Waals surface area contributed by atoms with E-state index in [9.17, 15) is 4.79 Å². The molecule has 1 heterocycles. The summed E-state index contributed by atoms with van der Waals surface area (Å²) in [5.74, 6) is -0.858. The molecule has 4 heteroatoms. The van der Waals surface area contributed by atoms with E-state index in [1.165, 1.54) is 89.9 Å². The molecule has 26 heavy (non-hydrogen) atoms. The van der Waals surface area contributed by atoms with Gasteiger partial charge in [0.15, 0.2) is 12.4 Å². The Hall–Kier alpha value is -1.09. The number of carboxylic acids is 1. The molecule has 0 amide bonds. The summed E-state index contributed by atoms with van der Waals surface area (Å²) < 4.78 is 2.08. The highest BCUT2D eigenvalue weighted by molar-refractivity contribution is 5.87. The number of halogens is 1. The van der Waals surface area contributed by atoms with Crippen LogP contribution in [0.3, 0.4) is 0 Å². The third-order valence-corrected chi connectivity index (χ3v) is 4.91.